The monoisotopic (exact) mass is 373 g/mol. The molecule has 0 saturated carbocycles. The van der Waals surface area contributed by atoms with Crippen molar-refractivity contribution in [3.05, 3.63) is 0 Å². The lowest BCUT2D eigenvalue weighted by molar-refractivity contribution is -0.142. The number of amides is 4. The molecule has 0 bridgehead atoms. The summed E-state index contributed by atoms with van der Waals surface area (Å²) in [6.07, 6.45) is -0.249. The lowest BCUT2D eigenvalue weighted by Gasteiger charge is -2.19. The van der Waals surface area contributed by atoms with Crippen LogP contribution < -0.4 is 27.4 Å². The van der Waals surface area contributed by atoms with Crippen molar-refractivity contribution in [3.8, 4) is 0 Å². The van der Waals surface area contributed by atoms with E-state index in [1.54, 1.807) is 13.8 Å². The van der Waals surface area contributed by atoms with Gasteiger partial charge < -0.3 is 32.5 Å². The molecule has 3 unspecified atom stereocenters. The number of nitrogens with two attached hydrogens (primary N) is 2. The number of aliphatic carboxylic acids is 1. The number of primary amides is 1. The summed E-state index contributed by atoms with van der Waals surface area (Å²) in [4.78, 5) is 57.6. The average Bonchev–Trinajstić information content (AvgIpc) is 2.50. The van der Waals surface area contributed by atoms with Gasteiger partial charge in [0.1, 0.15) is 12.1 Å². The standard InChI is InChI=1S/C15H27N5O6/c1-7(2)4-10(15(25)26)19-12(22)6-18-14(24)9(5-11(17)21)20-13(23)8(3)16/h7-10H,4-6,16H2,1-3H3,(H2,17,21)(H,18,24)(H,19,22)(H,20,23)(H,25,26). The third-order valence-electron chi connectivity index (χ3n) is 3.22. The van der Waals surface area contributed by atoms with Crippen LogP contribution in [0.25, 0.3) is 0 Å². The van der Waals surface area contributed by atoms with Crippen LogP contribution >= 0.6 is 0 Å². The molecule has 26 heavy (non-hydrogen) atoms. The Morgan fingerprint density at radius 3 is 1.96 bits per heavy atom. The summed E-state index contributed by atoms with van der Waals surface area (Å²) >= 11 is 0. The minimum absolute atomic E-state index is 0.0411. The van der Waals surface area contributed by atoms with E-state index in [0.29, 0.717) is 0 Å². The number of carboxylic acids is 1. The Labute approximate surface area is 151 Å². The molecule has 11 heteroatoms. The number of hydrogen-bond acceptors (Lipinski definition) is 6. The van der Waals surface area contributed by atoms with Gasteiger partial charge in [0, 0.05) is 0 Å². The molecular formula is C15H27N5O6. The SMILES string of the molecule is CC(C)CC(NC(=O)CNC(=O)C(CC(N)=O)NC(=O)C(C)N)C(=O)O. The zero-order valence-electron chi connectivity index (χ0n) is 15.1. The van der Waals surface area contributed by atoms with Crippen molar-refractivity contribution >= 4 is 29.6 Å². The smallest absolute Gasteiger partial charge is 0.326 e. The second-order valence-electron chi connectivity index (χ2n) is 6.33. The van der Waals surface area contributed by atoms with Gasteiger partial charge in [-0.3, -0.25) is 19.2 Å². The van der Waals surface area contributed by atoms with Crippen molar-refractivity contribution in [1.29, 1.82) is 0 Å². The summed E-state index contributed by atoms with van der Waals surface area (Å²) in [6, 6.07) is -3.28. The zero-order chi connectivity index (χ0) is 20.4. The van der Waals surface area contributed by atoms with Gasteiger partial charge in [-0.2, -0.15) is 0 Å². The molecule has 0 aliphatic carbocycles. The summed E-state index contributed by atoms with van der Waals surface area (Å²) in [5.41, 5.74) is 10.4. The van der Waals surface area contributed by atoms with Crippen molar-refractivity contribution in [3.63, 3.8) is 0 Å². The number of carboxylic acid groups (broad SMARTS) is 1. The van der Waals surface area contributed by atoms with Crippen molar-refractivity contribution in [2.75, 3.05) is 6.54 Å². The van der Waals surface area contributed by atoms with Crippen molar-refractivity contribution in [2.24, 2.45) is 17.4 Å². The van der Waals surface area contributed by atoms with E-state index in [9.17, 15) is 24.0 Å². The van der Waals surface area contributed by atoms with Crippen LogP contribution in [0.15, 0.2) is 0 Å². The molecule has 3 atom stereocenters. The molecule has 0 heterocycles. The first kappa shape index (κ1) is 23.3. The lowest BCUT2D eigenvalue weighted by Crippen LogP contribution is -2.54. The Kier molecular flexibility index (Phi) is 9.89. The number of nitrogens with one attached hydrogen (secondary N) is 3. The second kappa shape index (κ2) is 11.0. The number of hydrogen-bond donors (Lipinski definition) is 6. The number of carbonyl (C=O) groups excluding carboxylic acids is 4. The summed E-state index contributed by atoms with van der Waals surface area (Å²) in [6.45, 7) is 4.48. The van der Waals surface area contributed by atoms with Gasteiger partial charge in [0.05, 0.1) is 19.0 Å². The molecule has 0 rings (SSSR count). The van der Waals surface area contributed by atoms with Crippen LogP contribution in [0.2, 0.25) is 0 Å². The van der Waals surface area contributed by atoms with E-state index in [4.69, 9.17) is 16.6 Å². The van der Waals surface area contributed by atoms with E-state index < -0.39 is 60.7 Å². The Morgan fingerprint density at radius 2 is 1.54 bits per heavy atom. The number of rotatable bonds is 11. The van der Waals surface area contributed by atoms with Crippen molar-refractivity contribution < 1.29 is 29.1 Å². The normalized spacial score (nSPS) is 14.0. The van der Waals surface area contributed by atoms with E-state index in [0.717, 1.165) is 0 Å². The van der Waals surface area contributed by atoms with E-state index in [2.05, 4.69) is 16.0 Å². The molecular weight excluding hydrogens is 346 g/mol. The summed E-state index contributed by atoms with van der Waals surface area (Å²) in [7, 11) is 0. The van der Waals surface area contributed by atoms with Gasteiger partial charge in [-0.05, 0) is 19.3 Å². The first-order chi connectivity index (χ1) is 11.9. The fourth-order valence-corrected chi connectivity index (χ4v) is 1.94. The molecule has 0 aliphatic heterocycles. The Morgan fingerprint density at radius 1 is 0.962 bits per heavy atom. The average molecular weight is 373 g/mol. The maximum absolute atomic E-state index is 12.1. The second-order valence-corrected chi connectivity index (χ2v) is 6.33. The van der Waals surface area contributed by atoms with Gasteiger partial charge in [0.2, 0.25) is 23.6 Å². The zero-order valence-corrected chi connectivity index (χ0v) is 15.1. The van der Waals surface area contributed by atoms with Crippen LogP contribution in [0.3, 0.4) is 0 Å². The quantitative estimate of drug-likeness (QED) is 0.229. The minimum atomic E-state index is -1.29. The van der Waals surface area contributed by atoms with Gasteiger partial charge in [0.25, 0.3) is 0 Å². The maximum Gasteiger partial charge on any atom is 0.326 e. The minimum Gasteiger partial charge on any atom is -0.480 e. The highest BCUT2D eigenvalue weighted by atomic mass is 16.4. The van der Waals surface area contributed by atoms with Crippen LogP contribution in [0.4, 0.5) is 0 Å². The van der Waals surface area contributed by atoms with E-state index >= 15 is 0 Å². The number of carbonyl (C=O) groups is 5. The maximum atomic E-state index is 12.1. The van der Waals surface area contributed by atoms with Gasteiger partial charge in [-0.1, -0.05) is 13.8 Å². The summed E-state index contributed by atoms with van der Waals surface area (Å²) < 4.78 is 0. The van der Waals surface area contributed by atoms with Crippen LogP contribution in [0.1, 0.15) is 33.6 Å². The van der Waals surface area contributed by atoms with Crippen LogP contribution in [-0.2, 0) is 24.0 Å². The topological polar surface area (TPSA) is 194 Å². The highest BCUT2D eigenvalue weighted by Crippen LogP contribution is 2.04. The predicted octanol–water partition coefficient (Wildman–Crippen LogP) is -2.57. The highest BCUT2D eigenvalue weighted by Gasteiger charge is 2.25. The van der Waals surface area contributed by atoms with E-state index in [1.165, 1.54) is 6.92 Å². The van der Waals surface area contributed by atoms with Crippen molar-refractivity contribution in [2.45, 2.75) is 51.7 Å². The lowest BCUT2D eigenvalue weighted by atomic mass is 10.0. The summed E-state index contributed by atoms with van der Waals surface area (Å²) in [5, 5.41) is 15.8. The molecule has 0 fully saturated rings. The molecule has 4 amide bonds. The Hall–Kier alpha value is -2.69. The largest absolute Gasteiger partial charge is 0.480 e. The fourth-order valence-electron chi connectivity index (χ4n) is 1.94. The first-order valence-corrected chi connectivity index (χ1v) is 8.08. The molecule has 148 valence electrons. The Bertz CT molecular complexity index is 549. The van der Waals surface area contributed by atoms with Gasteiger partial charge >= 0.3 is 5.97 Å². The van der Waals surface area contributed by atoms with Gasteiger partial charge in [0.15, 0.2) is 0 Å². The van der Waals surface area contributed by atoms with Crippen LogP contribution in [-0.4, -0.2) is 59.4 Å². The predicted molar refractivity (Wildman–Crippen MR) is 91.4 cm³/mol. The van der Waals surface area contributed by atoms with E-state index in [1.807, 2.05) is 0 Å². The first-order valence-electron chi connectivity index (χ1n) is 8.08. The van der Waals surface area contributed by atoms with Gasteiger partial charge in [-0.15, -0.1) is 0 Å². The fraction of sp³-hybridized carbons (Fsp3) is 0.667. The molecule has 8 N–H and O–H groups in total. The van der Waals surface area contributed by atoms with Gasteiger partial charge in [-0.25, -0.2) is 4.79 Å². The third-order valence-corrected chi connectivity index (χ3v) is 3.22. The molecule has 0 aromatic carbocycles. The molecule has 11 nitrogen and oxygen atoms in total. The van der Waals surface area contributed by atoms with Crippen LogP contribution in [0, 0.1) is 5.92 Å². The van der Waals surface area contributed by atoms with E-state index in [-0.39, 0.29) is 12.3 Å². The third kappa shape index (κ3) is 9.57. The molecule has 0 aromatic heterocycles. The molecule has 0 radical (unpaired) electrons. The van der Waals surface area contributed by atoms with Crippen molar-refractivity contribution in [1.82, 2.24) is 16.0 Å². The molecule has 0 aliphatic rings. The van der Waals surface area contributed by atoms with Crippen LogP contribution in [0.5, 0.6) is 0 Å². The molecule has 0 saturated heterocycles. The molecule has 0 aromatic rings. The Balaban J connectivity index is 4.73. The highest BCUT2D eigenvalue weighted by molar-refractivity contribution is 5.94. The molecule has 0 spiro atoms. The summed E-state index contributed by atoms with van der Waals surface area (Å²) in [5.74, 6) is -4.18.